The molecule has 2 atom stereocenters. The van der Waals surface area contributed by atoms with E-state index < -0.39 is 35.6 Å². The summed E-state index contributed by atoms with van der Waals surface area (Å²) >= 11 is 7.20. The molecule has 0 aromatic heterocycles. The first-order valence-corrected chi connectivity index (χ1v) is 26.0. The zero-order valence-electron chi connectivity index (χ0n) is 36.8. The van der Waals surface area contributed by atoms with Crippen molar-refractivity contribution >= 4 is 47.4 Å². The van der Waals surface area contributed by atoms with Crippen LogP contribution < -0.4 is 0 Å². The topological polar surface area (TPSA) is 115 Å². The van der Waals surface area contributed by atoms with Crippen molar-refractivity contribution in [1.82, 2.24) is 28.4 Å². The van der Waals surface area contributed by atoms with Crippen LogP contribution in [0.2, 0.25) is 0 Å². The monoisotopic (exact) mass is 867 g/mol. The largest absolute Gasteiger partial charge is 0.741 e. The van der Waals surface area contributed by atoms with E-state index in [4.69, 9.17) is 34.6 Å². The van der Waals surface area contributed by atoms with Crippen LogP contribution in [0.25, 0.3) is 0 Å². The molecule has 0 unspecified atom stereocenters. The highest BCUT2D eigenvalue weighted by molar-refractivity contribution is 8.20. The Bertz CT molecular complexity index is 1350. The van der Waals surface area contributed by atoms with Gasteiger partial charge in [-0.25, -0.2) is 8.42 Å². The molecule has 1 saturated heterocycles. The molecule has 0 N–H and O–H groups in total. The number of rotatable bonds is 17. The number of likely N-dealkylation sites (tertiary alicyclic amines) is 1. The maximum absolute atomic E-state index is 14.7. The van der Waals surface area contributed by atoms with Crippen molar-refractivity contribution in [3.8, 4) is 0 Å². The van der Waals surface area contributed by atoms with Crippen LogP contribution in [0.15, 0.2) is 5.10 Å². The van der Waals surface area contributed by atoms with Gasteiger partial charge >= 0.3 is 11.5 Å². The molecule has 2 aliphatic rings. The van der Waals surface area contributed by atoms with Gasteiger partial charge in [-0.1, -0.05) is 11.8 Å². The summed E-state index contributed by atoms with van der Waals surface area (Å²) < 4.78 is 77.9. The molecule has 55 heavy (non-hydrogen) atoms. The fraction of sp³-hybridized carbons (Fsp3) is 0.944. The van der Waals surface area contributed by atoms with Gasteiger partial charge in [-0.2, -0.15) is 13.2 Å². The highest BCUT2D eigenvalue weighted by Gasteiger charge is 2.66. The fourth-order valence-electron chi connectivity index (χ4n) is 8.94. The minimum atomic E-state index is -6.09. The highest BCUT2D eigenvalue weighted by Crippen LogP contribution is 2.73. The first kappa shape index (κ1) is 52.5. The van der Waals surface area contributed by atoms with Crippen LogP contribution in [0.5, 0.6) is 0 Å². The molecule has 2 heterocycles. The maximum Gasteiger partial charge on any atom is 0.485 e. The number of nitrogens with zero attached hydrogens (tertiary/aromatic N) is 7. The number of hydrogen-bond acceptors (Lipinski definition) is 11. The molecule has 326 valence electrons. The van der Waals surface area contributed by atoms with Gasteiger partial charge in [0.15, 0.2) is 16.3 Å². The van der Waals surface area contributed by atoms with Gasteiger partial charge in [0.05, 0.1) is 6.61 Å². The van der Waals surface area contributed by atoms with Gasteiger partial charge < -0.3 is 9.29 Å². The Morgan fingerprint density at radius 2 is 1.15 bits per heavy atom. The minimum Gasteiger partial charge on any atom is -0.741 e. The fourth-order valence-corrected chi connectivity index (χ4v) is 20.9. The minimum absolute atomic E-state index is 0.164. The van der Waals surface area contributed by atoms with Gasteiger partial charge in [0, 0.05) is 61.4 Å². The van der Waals surface area contributed by atoms with Gasteiger partial charge in [0.25, 0.3) is 7.71 Å². The van der Waals surface area contributed by atoms with Gasteiger partial charge in [0.2, 0.25) is 0 Å². The standard InChI is InChI=1S/C35H74N7O2P2S.CHF3O3S/c1-19-44-35(43)32-33(46(47,40(28(10)11)29(12)13)41(30(14)15)31(16)17)36-42(34(32)37-22-20-21-23-37)45(18,38(24(2)3)25(4)5)39(26(6)7)27(8)9;2-1(3,4)8(5,6)7/h24-32,34H,19-23H2,1-18H3;(H,5,6,7)/q+1;/p-1/t32-,34-;/m0./s1. The molecular weight excluding hydrogens is 794 g/mol. The zero-order valence-corrected chi connectivity index (χ0v) is 40.2. The second-order valence-corrected chi connectivity index (χ2v) is 25.2. The molecule has 12 nitrogen and oxygen atoms in total. The van der Waals surface area contributed by atoms with Crippen molar-refractivity contribution in [2.45, 2.75) is 191 Å². The number of alkyl halides is 3. The molecule has 0 amide bonds. The van der Waals surface area contributed by atoms with Crippen LogP contribution in [0.3, 0.4) is 0 Å². The Morgan fingerprint density at radius 1 is 0.818 bits per heavy atom. The first-order chi connectivity index (χ1) is 24.9. The van der Waals surface area contributed by atoms with Crippen LogP contribution in [0.1, 0.15) is 131 Å². The lowest BCUT2D eigenvalue weighted by Gasteiger charge is -2.51. The zero-order chi connectivity index (χ0) is 43.3. The van der Waals surface area contributed by atoms with Crippen molar-refractivity contribution in [3.05, 3.63) is 0 Å². The van der Waals surface area contributed by atoms with Crippen LogP contribution in [-0.4, -0.2) is 139 Å². The number of hydrogen-bond donors (Lipinski definition) is 0. The predicted octanol–water partition coefficient (Wildman–Crippen LogP) is 8.45. The van der Waals surface area contributed by atoms with E-state index >= 15 is 0 Å². The third-order valence-electron chi connectivity index (χ3n) is 9.78. The quantitative estimate of drug-likeness (QED) is 0.0605. The third-order valence-corrected chi connectivity index (χ3v) is 20.8. The molecule has 1 fully saturated rings. The lowest BCUT2D eigenvalue weighted by Crippen LogP contribution is -2.58. The number of halogens is 3. The lowest BCUT2D eigenvalue weighted by atomic mass is 10.1. The molecule has 0 bridgehead atoms. The lowest BCUT2D eigenvalue weighted by molar-refractivity contribution is -0.148. The SMILES string of the molecule is CCOC(=O)[C@H]1C(P(=S)(N(C(C)C)C(C)C)N(C(C)C)C(C)C)=NN([P+](C)(N(C(C)C)C(C)C)N(C(C)C)C(C)C)[C@@H]1N1CCCC1.O=S(=O)([O-])C(F)(F)F. The van der Waals surface area contributed by atoms with Crippen LogP contribution in [0, 0.1) is 5.92 Å². The van der Waals surface area contributed by atoms with Crippen LogP contribution in [-0.2, 0) is 31.5 Å². The Hall–Kier alpha value is -0.480. The van der Waals surface area contributed by atoms with Gasteiger partial charge in [0.1, 0.15) is 24.4 Å². The summed E-state index contributed by atoms with van der Waals surface area (Å²) in [7, 11) is -8.52. The normalized spacial score (nSPS) is 19.7. The van der Waals surface area contributed by atoms with E-state index in [0.29, 0.717) is 6.61 Å². The number of hydrazone groups is 1. The molecule has 19 heteroatoms. The van der Waals surface area contributed by atoms with Crippen molar-refractivity contribution < 1.29 is 35.7 Å². The summed E-state index contributed by atoms with van der Waals surface area (Å²) in [5, 5.41) is 5.92. The van der Waals surface area contributed by atoms with E-state index in [9.17, 15) is 18.0 Å². The van der Waals surface area contributed by atoms with E-state index in [2.05, 4.69) is 146 Å². The second kappa shape index (κ2) is 20.7. The van der Waals surface area contributed by atoms with E-state index in [1.165, 1.54) is 0 Å². The van der Waals surface area contributed by atoms with Crippen molar-refractivity contribution in [3.63, 3.8) is 0 Å². The molecule has 0 saturated carbocycles. The third kappa shape index (κ3) is 11.6. The smallest absolute Gasteiger partial charge is 0.485 e. The molecule has 0 aromatic carbocycles. The maximum atomic E-state index is 14.7. The summed E-state index contributed by atoms with van der Waals surface area (Å²) in [5.41, 5.74) is -4.79. The number of esters is 1. The molecule has 0 radical (unpaired) electrons. The van der Waals surface area contributed by atoms with Gasteiger partial charge in [-0.15, -0.1) is 19.2 Å². The van der Waals surface area contributed by atoms with Crippen molar-refractivity contribution in [1.29, 1.82) is 0 Å². The van der Waals surface area contributed by atoms with Gasteiger partial charge in [-0.3, -0.25) is 19.0 Å². The molecular formula is C36H74F3N7O5P2S2. The Labute approximate surface area is 338 Å². The van der Waals surface area contributed by atoms with E-state index in [0.717, 1.165) is 31.4 Å². The summed E-state index contributed by atoms with van der Waals surface area (Å²) in [5.74, 6) is -0.770. The Morgan fingerprint density at radius 3 is 1.40 bits per heavy atom. The average molecular weight is 868 g/mol. The van der Waals surface area contributed by atoms with Crippen LogP contribution >= 0.6 is 14.1 Å². The average Bonchev–Trinajstić information content (AvgIpc) is 3.63. The molecule has 0 spiro atoms. The molecule has 0 aromatic rings. The summed E-state index contributed by atoms with van der Waals surface area (Å²) in [4.78, 5) is 17.2. The first-order valence-electron chi connectivity index (χ1n) is 19.8. The molecule has 2 aliphatic heterocycles. The number of carbonyl (C=O) groups excluding carboxylic acids is 1. The van der Waals surface area contributed by atoms with Crippen molar-refractivity contribution in [2.24, 2.45) is 11.0 Å². The highest BCUT2D eigenvalue weighted by atomic mass is 32.4. The summed E-state index contributed by atoms with van der Waals surface area (Å²) in [6, 6.07) is 1.72. The number of carbonyl (C=O) groups is 1. The summed E-state index contributed by atoms with van der Waals surface area (Å²) in [6.45, 7) is 43.1. The predicted molar refractivity (Wildman–Crippen MR) is 225 cm³/mol. The molecule has 2 rings (SSSR count). The van der Waals surface area contributed by atoms with Crippen molar-refractivity contribution in [2.75, 3.05) is 26.4 Å². The Kier molecular flexibility index (Phi) is 19.7. The summed E-state index contributed by atoms with van der Waals surface area (Å²) in [6.07, 6.45) is -0.865. The van der Waals surface area contributed by atoms with Gasteiger partial charge in [-0.05, 0) is 131 Å². The second-order valence-electron chi connectivity index (χ2n) is 16.7. The van der Waals surface area contributed by atoms with Crippen LogP contribution in [0.4, 0.5) is 13.2 Å². The molecule has 0 aliphatic carbocycles. The van der Waals surface area contributed by atoms with E-state index in [1.807, 2.05) is 6.92 Å². The van der Waals surface area contributed by atoms with E-state index in [-0.39, 0.29) is 60.5 Å². The number of ether oxygens (including phenoxy) is 1. The van der Waals surface area contributed by atoms with E-state index in [1.54, 1.807) is 0 Å². The Balaban J connectivity index is 0.00000169.